The van der Waals surface area contributed by atoms with Crippen molar-refractivity contribution in [3.63, 3.8) is 0 Å². The summed E-state index contributed by atoms with van der Waals surface area (Å²) < 4.78 is 3.99. The van der Waals surface area contributed by atoms with Crippen molar-refractivity contribution >= 4 is 22.6 Å². The Hall–Kier alpha value is -0.880. The van der Waals surface area contributed by atoms with Crippen LogP contribution < -0.4 is 10.6 Å². The maximum Gasteiger partial charge on any atom is 0.233 e. The van der Waals surface area contributed by atoms with Crippen LogP contribution in [0, 0.1) is 0 Å². The zero-order chi connectivity index (χ0) is 9.97. The minimum atomic E-state index is 0.391. The molecule has 0 atom stereocenters. The molecule has 0 aliphatic carbocycles. The van der Waals surface area contributed by atoms with Crippen LogP contribution in [0.2, 0.25) is 0 Å². The van der Waals surface area contributed by atoms with Gasteiger partial charge in [0.25, 0.3) is 0 Å². The number of hydrogen-bond acceptors (Lipinski definition) is 6. The summed E-state index contributed by atoms with van der Waals surface area (Å²) in [5.41, 5.74) is 5.50. The molecule has 6 heteroatoms. The summed E-state index contributed by atoms with van der Waals surface area (Å²) in [5, 5.41) is 0.956. The van der Waals surface area contributed by atoms with Gasteiger partial charge in [-0.2, -0.15) is 9.36 Å². The van der Waals surface area contributed by atoms with Crippen LogP contribution in [-0.2, 0) is 0 Å². The number of hydrogen-bond donors (Lipinski definition) is 1. The summed E-state index contributed by atoms with van der Waals surface area (Å²) in [5.74, 6) is 0.391. The summed E-state index contributed by atoms with van der Waals surface area (Å²) in [6, 6.07) is 0. The van der Waals surface area contributed by atoms with E-state index in [1.807, 2.05) is 0 Å². The lowest BCUT2D eigenvalue weighted by Gasteiger charge is -2.18. The fourth-order valence-electron chi connectivity index (χ4n) is 1.59. The van der Waals surface area contributed by atoms with Crippen molar-refractivity contribution in [1.82, 2.24) is 14.3 Å². The minimum absolute atomic E-state index is 0.391. The highest BCUT2D eigenvalue weighted by Gasteiger charge is 2.15. The molecule has 1 aliphatic rings. The molecule has 0 saturated carbocycles. The lowest BCUT2D eigenvalue weighted by atomic mass is 10.4. The SMILES string of the molecule is CN1CCCN(c2nc(N)ns2)CC1. The Bertz CT molecular complexity index is 300. The third kappa shape index (κ3) is 2.13. The van der Waals surface area contributed by atoms with Gasteiger partial charge in [0.05, 0.1) is 0 Å². The molecule has 0 aromatic carbocycles. The first-order valence-corrected chi connectivity index (χ1v) is 5.56. The molecular formula is C8H15N5S. The summed E-state index contributed by atoms with van der Waals surface area (Å²) >= 11 is 1.39. The molecule has 0 bridgehead atoms. The second kappa shape index (κ2) is 4.10. The Labute approximate surface area is 87.7 Å². The molecule has 2 heterocycles. The highest BCUT2D eigenvalue weighted by molar-refractivity contribution is 7.09. The highest BCUT2D eigenvalue weighted by Crippen LogP contribution is 2.19. The maximum atomic E-state index is 5.50. The summed E-state index contributed by atoms with van der Waals surface area (Å²) in [6.45, 7) is 4.31. The largest absolute Gasteiger partial charge is 0.367 e. The van der Waals surface area contributed by atoms with Crippen molar-refractivity contribution in [1.29, 1.82) is 0 Å². The van der Waals surface area contributed by atoms with E-state index in [0.29, 0.717) is 5.95 Å². The van der Waals surface area contributed by atoms with Crippen LogP contribution in [0.4, 0.5) is 11.1 Å². The first kappa shape index (κ1) is 9.67. The molecule has 1 saturated heterocycles. The lowest BCUT2D eigenvalue weighted by molar-refractivity contribution is 0.360. The second-order valence-electron chi connectivity index (χ2n) is 3.58. The number of aromatic nitrogens is 2. The van der Waals surface area contributed by atoms with Gasteiger partial charge in [-0.05, 0) is 20.0 Å². The van der Waals surface area contributed by atoms with Crippen LogP contribution in [0.3, 0.4) is 0 Å². The highest BCUT2D eigenvalue weighted by atomic mass is 32.1. The van der Waals surface area contributed by atoms with E-state index in [9.17, 15) is 0 Å². The van der Waals surface area contributed by atoms with Crippen LogP contribution in [0.1, 0.15) is 6.42 Å². The minimum Gasteiger partial charge on any atom is -0.367 e. The van der Waals surface area contributed by atoms with Crippen LogP contribution in [-0.4, -0.2) is 47.5 Å². The molecule has 0 radical (unpaired) electrons. The number of rotatable bonds is 1. The first-order chi connectivity index (χ1) is 6.75. The van der Waals surface area contributed by atoms with Crippen LogP contribution in [0.5, 0.6) is 0 Å². The van der Waals surface area contributed by atoms with E-state index >= 15 is 0 Å². The van der Waals surface area contributed by atoms with Crippen molar-refractivity contribution in [2.24, 2.45) is 0 Å². The monoisotopic (exact) mass is 213 g/mol. The van der Waals surface area contributed by atoms with E-state index in [1.54, 1.807) is 0 Å². The van der Waals surface area contributed by atoms with Crippen LogP contribution >= 0.6 is 11.5 Å². The predicted molar refractivity (Wildman–Crippen MR) is 58.6 cm³/mol. The van der Waals surface area contributed by atoms with E-state index < -0.39 is 0 Å². The Morgan fingerprint density at radius 1 is 1.29 bits per heavy atom. The van der Waals surface area contributed by atoms with Crippen molar-refractivity contribution in [3.05, 3.63) is 0 Å². The quantitative estimate of drug-likeness (QED) is 0.725. The first-order valence-electron chi connectivity index (χ1n) is 4.78. The Morgan fingerprint density at radius 3 is 2.86 bits per heavy atom. The van der Waals surface area contributed by atoms with Gasteiger partial charge in [0.2, 0.25) is 11.1 Å². The van der Waals surface area contributed by atoms with E-state index in [-0.39, 0.29) is 0 Å². The summed E-state index contributed by atoms with van der Waals surface area (Å²) in [7, 11) is 2.15. The van der Waals surface area contributed by atoms with Gasteiger partial charge in [-0.1, -0.05) is 0 Å². The van der Waals surface area contributed by atoms with E-state index in [2.05, 4.69) is 26.2 Å². The third-order valence-corrected chi connectivity index (χ3v) is 3.21. The molecule has 14 heavy (non-hydrogen) atoms. The molecule has 1 fully saturated rings. The normalized spacial score (nSPS) is 19.6. The molecule has 0 amide bonds. The third-order valence-electron chi connectivity index (χ3n) is 2.42. The molecule has 1 aromatic heterocycles. The average Bonchev–Trinajstić information content (AvgIpc) is 2.46. The molecule has 1 aromatic rings. The van der Waals surface area contributed by atoms with Gasteiger partial charge < -0.3 is 15.5 Å². The number of anilines is 2. The molecule has 78 valence electrons. The van der Waals surface area contributed by atoms with E-state index in [1.165, 1.54) is 18.0 Å². The average molecular weight is 213 g/mol. The Balaban J connectivity index is 2.04. The molecular weight excluding hydrogens is 198 g/mol. The smallest absolute Gasteiger partial charge is 0.233 e. The lowest BCUT2D eigenvalue weighted by Crippen LogP contribution is -2.28. The van der Waals surface area contributed by atoms with Gasteiger partial charge in [0.15, 0.2) is 0 Å². The molecule has 5 nitrogen and oxygen atoms in total. The molecule has 2 rings (SSSR count). The number of nitrogen functional groups attached to an aromatic ring is 1. The van der Waals surface area contributed by atoms with Crippen molar-refractivity contribution in [2.45, 2.75) is 6.42 Å². The Morgan fingerprint density at radius 2 is 2.14 bits per heavy atom. The van der Waals surface area contributed by atoms with E-state index in [0.717, 1.165) is 31.3 Å². The number of likely N-dealkylation sites (N-methyl/N-ethyl adjacent to an activating group) is 1. The fourth-order valence-corrected chi connectivity index (χ4v) is 2.24. The Kier molecular flexibility index (Phi) is 2.83. The summed E-state index contributed by atoms with van der Waals surface area (Å²) in [6.07, 6.45) is 1.18. The van der Waals surface area contributed by atoms with Gasteiger partial charge in [-0.25, -0.2) is 0 Å². The van der Waals surface area contributed by atoms with Gasteiger partial charge in [0.1, 0.15) is 0 Å². The summed E-state index contributed by atoms with van der Waals surface area (Å²) in [4.78, 5) is 8.79. The van der Waals surface area contributed by atoms with Gasteiger partial charge in [-0.15, -0.1) is 0 Å². The molecule has 2 N–H and O–H groups in total. The van der Waals surface area contributed by atoms with Gasteiger partial charge >= 0.3 is 0 Å². The molecule has 0 spiro atoms. The number of nitrogens with two attached hydrogens (primary N) is 1. The maximum absolute atomic E-state index is 5.50. The van der Waals surface area contributed by atoms with Gasteiger partial charge in [-0.3, -0.25) is 0 Å². The zero-order valence-electron chi connectivity index (χ0n) is 8.31. The van der Waals surface area contributed by atoms with Gasteiger partial charge in [0, 0.05) is 31.2 Å². The van der Waals surface area contributed by atoms with Crippen molar-refractivity contribution in [2.75, 3.05) is 43.9 Å². The topological polar surface area (TPSA) is 58.3 Å². The van der Waals surface area contributed by atoms with Crippen LogP contribution in [0.25, 0.3) is 0 Å². The van der Waals surface area contributed by atoms with Crippen LogP contribution in [0.15, 0.2) is 0 Å². The van der Waals surface area contributed by atoms with E-state index in [4.69, 9.17) is 5.73 Å². The molecule has 1 aliphatic heterocycles. The van der Waals surface area contributed by atoms with Crippen molar-refractivity contribution < 1.29 is 0 Å². The zero-order valence-corrected chi connectivity index (χ0v) is 9.13. The standard InChI is InChI=1S/C8H15N5S/c1-12-3-2-4-13(6-5-12)8-10-7(9)11-14-8/h2-6H2,1H3,(H2,9,11). The number of nitrogens with zero attached hydrogens (tertiary/aromatic N) is 4. The van der Waals surface area contributed by atoms with Crippen molar-refractivity contribution in [3.8, 4) is 0 Å². The molecule has 0 unspecified atom stereocenters. The fraction of sp³-hybridized carbons (Fsp3) is 0.750. The predicted octanol–water partition coefficient (Wildman–Crippen LogP) is 0.262. The second-order valence-corrected chi connectivity index (χ2v) is 4.31.